The zero-order chi connectivity index (χ0) is 18.3. The number of nitrogens with zero attached hydrogens (tertiary/aromatic N) is 2. The van der Waals surface area contributed by atoms with E-state index in [0.29, 0.717) is 13.0 Å². The molecule has 1 aromatic heterocycles. The second-order valence-electron chi connectivity index (χ2n) is 7.29. The average Bonchev–Trinajstić information content (AvgIpc) is 3.36. The minimum Gasteiger partial charge on any atom is -0.352 e. The summed E-state index contributed by atoms with van der Waals surface area (Å²) in [4.78, 5) is 32.3. The van der Waals surface area contributed by atoms with Crippen molar-refractivity contribution in [2.24, 2.45) is 0 Å². The van der Waals surface area contributed by atoms with Crippen LogP contribution in [0, 0.1) is 6.92 Å². The highest BCUT2D eigenvalue weighted by Crippen LogP contribution is 2.29. The number of carbonyl (C=O) groups excluding carboxylic acids is 2. The molecule has 136 valence electrons. The van der Waals surface area contributed by atoms with Gasteiger partial charge in [-0.1, -0.05) is 24.3 Å². The van der Waals surface area contributed by atoms with E-state index in [2.05, 4.69) is 16.4 Å². The van der Waals surface area contributed by atoms with Crippen molar-refractivity contribution in [1.29, 1.82) is 0 Å². The van der Waals surface area contributed by atoms with Gasteiger partial charge in [0.2, 0.25) is 11.8 Å². The van der Waals surface area contributed by atoms with Gasteiger partial charge in [-0.3, -0.25) is 9.59 Å². The van der Waals surface area contributed by atoms with Crippen LogP contribution in [0.5, 0.6) is 0 Å². The van der Waals surface area contributed by atoms with E-state index in [4.69, 9.17) is 0 Å². The Morgan fingerprint density at radius 3 is 2.65 bits per heavy atom. The van der Waals surface area contributed by atoms with Gasteiger partial charge in [-0.2, -0.15) is 0 Å². The number of rotatable bonds is 4. The molecule has 1 fully saturated rings. The summed E-state index contributed by atoms with van der Waals surface area (Å²) in [6.07, 6.45) is 2.65. The van der Waals surface area contributed by atoms with Crippen molar-refractivity contribution in [2.45, 2.75) is 57.7 Å². The average molecular weight is 369 g/mol. The van der Waals surface area contributed by atoms with Gasteiger partial charge >= 0.3 is 0 Å². The van der Waals surface area contributed by atoms with Gasteiger partial charge in [0.05, 0.1) is 5.92 Å². The number of thiazole rings is 1. The van der Waals surface area contributed by atoms with E-state index >= 15 is 0 Å². The highest BCUT2D eigenvalue weighted by atomic mass is 32.1. The van der Waals surface area contributed by atoms with E-state index in [1.165, 1.54) is 11.3 Å². The second-order valence-corrected chi connectivity index (χ2v) is 8.18. The Balaban J connectivity index is 1.61. The van der Waals surface area contributed by atoms with Crippen LogP contribution in [0.25, 0.3) is 0 Å². The molecule has 26 heavy (non-hydrogen) atoms. The summed E-state index contributed by atoms with van der Waals surface area (Å²) >= 11 is 1.51. The molecule has 2 aliphatic rings. The third-order valence-electron chi connectivity index (χ3n) is 5.14. The number of fused-ring (bicyclic) bond motifs is 1. The topological polar surface area (TPSA) is 62.3 Å². The molecule has 2 heterocycles. The standard InChI is InChI=1S/C20H23N3O2S/c1-12-11-26-19(21-12)13(2)20(25)23-10-15-6-4-3-5-14(15)9-17(23)18(24)22-16-7-8-16/h3-6,11,13,16-17H,7-10H2,1-2H3,(H,22,24)/t13?,17-/m0/s1. The molecular weight excluding hydrogens is 346 g/mol. The predicted octanol–water partition coefficient (Wildman–Crippen LogP) is 2.79. The van der Waals surface area contributed by atoms with Gasteiger partial charge in [0.15, 0.2) is 0 Å². The lowest BCUT2D eigenvalue weighted by Crippen LogP contribution is -2.53. The molecule has 1 aliphatic heterocycles. The van der Waals surface area contributed by atoms with Gasteiger partial charge in [-0.15, -0.1) is 11.3 Å². The van der Waals surface area contributed by atoms with Gasteiger partial charge in [0.25, 0.3) is 0 Å². The molecular formula is C20H23N3O2S. The summed E-state index contributed by atoms with van der Waals surface area (Å²) in [7, 11) is 0. The summed E-state index contributed by atoms with van der Waals surface area (Å²) < 4.78 is 0. The maximum Gasteiger partial charge on any atom is 0.243 e. The number of aryl methyl sites for hydroxylation is 1. The molecule has 0 saturated heterocycles. The Bertz CT molecular complexity index is 843. The number of hydrogen-bond acceptors (Lipinski definition) is 4. The van der Waals surface area contributed by atoms with E-state index in [0.717, 1.165) is 34.7 Å². The van der Waals surface area contributed by atoms with Crippen molar-refractivity contribution in [1.82, 2.24) is 15.2 Å². The minimum absolute atomic E-state index is 0.0233. The van der Waals surface area contributed by atoms with Gasteiger partial charge in [-0.25, -0.2) is 4.98 Å². The lowest BCUT2D eigenvalue weighted by molar-refractivity contribution is -0.142. The largest absolute Gasteiger partial charge is 0.352 e. The Morgan fingerprint density at radius 2 is 2.00 bits per heavy atom. The van der Waals surface area contributed by atoms with Crippen molar-refractivity contribution < 1.29 is 9.59 Å². The molecule has 1 aromatic carbocycles. The molecule has 2 amide bonds. The first-order chi connectivity index (χ1) is 12.5. The molecule has 1 N–H and O–H groups in total. The zero-order valence-corrected chi connectivity index (χ0v) is 15.9. The van der Waals surface area contributed by atoms with Crippen LogP contribution >= 0.6 is 11.3 Å². The fourth-order valence-electron chi connectivity index (χ4n) is 3.44. The fourth-order valence-corrected chi connectivity index (χ4v) is 4.28. The molecule has 4 rings (SSSR count). The van der Waals surface area contributed by atoms with Gasteiger partial charge in [0, 0.05) is 30.1 Å². The normalized spacial score (nSPS) is 20.4. The van der Waals surface area contributed by atoms with E-state index < -0.39 is 6.04 Å². The molecule has 0 bridgehead atoms. The van der Waals surface area contributed by atoms with Gasteiger partial charge < -0.3 is 10.2 Å². The Kier molecular flexibility index (Phi) is 4.53. The summed E-state index contributed by atoms with van der Waals surface area (Å²) in [5.74, 6) is -0.391. The number of aromatic nitrogens is 1. The highest BCUT2D eigenvalue weighted by Gasteiger charge is 2.38. The maximum atomic E-state index is 13.2. The van der Waals surface area contributed by atoms with E-state index in [9.17, 15) is 9.59 Å². The van der Waals surface area contributed by atoms with Gasteiger partial charge in [0.1, 0.15) is 11.0 Å². The summed E-state index contributed by atoms with van der Waals surface area (Å²) in [5, 5.41) is 5.85. The van der Waals surface area contributed by atoms with E-state index in [1.54, 1.807) is 4.90 Å². The lowest BCUT2D eigenvalue weighted by atomic mass is 9.92. The SMILES string of the molecule is Cc1csc(C(C)C(=O)N2Cc3ccccc3C[C@H]2C(=O)NC2CC2)n1. The highest BCUT2D eigenvalue weighted by molar-refractivity contribution is 7.09. The van der Waals surface area contributed by atoms with E-state index in [1.807, 2.05) is 37.4 Å². The van der Waals surface area contributed by atoms with E-state index in [-0.39, 0.29) is 23.8 Å². The molecule has 6 heteroatoms. The molecule has 1 aliphatic carbocycles. The molecule has 1 saturated carbocycles. The monoisotopic (exact) mass is 369 g/mol. The smallest absolute Gasteiger partial charge is 0.243 e. The summed E-state index contributed by atoms with van der Waals surface area (Å²) in [5.41, 5.74) is 3.21. The van der Waals surface area contributed by atoms with Crippen LogP contribution in [-0.2, 0) is 22.6 Å². The Morgan fingerprint density at radius 1 is 1.27 bits per heavy atom. The van der Waals surface area contributed by atoms with Crippen molar-refractivity contribution in [3.63, 3.8) is 0 Å². The van der Waals surface area contributed by atoms with Gasteiger partial charge in [-0.05, 0) is 37.8 Å². The maximum absolute atomic E-state index is 13.2. The van der Waals surface area contributed by atoms with Crippen LogP contribution in [0.15, 0.2) is 29.6 Å². The Labute approximate surface area is 157 Å². The number of amides is 2. The Hall–Kier alpha value is -2.21. The fraction of sp³-hybridized carbons (Fsp3) is 0.450. The van der Waals surface area contributed by atoms with Crippen molar-refractivity contribution >= 4 is 23.2 Å². The van der Waals surface area contributed by atoms with Crippen LogP contribution in [0.1, 0.15) is 47.5 Å². The first-order valence-electron chi connectivity index (χ1n) is 9.12. The third-order valence-corrected chi connectivity index (χ3v) is 6.28. The number of benzene rings is 1. The van der Waals surface area contributed by atoms with Crippen molar-refractivity contribution in [3.05, 3.63) is 51.5 Å². The van der Waals surface area contributed by atoms with Crippen LogP contribution in [0.2, 0.25) is 0 Å². The van der Waals surface area contributed by atoms with Crippen LogP contribution in [0.4, 0.5) is 0 Å². The predicted molar refractivity (Wildman–Crippen MR) is 101 cm³/mol. The summed E-state index contributed by atoms with van der Waals surface area (Å²) in [6, 6.07) is 7.93. The molecule has 0 spiro atoms. The summed E-state index contributed by atoms with van der Waals surface area (Å²) in [6.45, 7) is 4.30. The molecule has 0 radical (unpaired) electrons. The molecule has 5 nitrogen and oxygen atoms in total. The van der Waals surface area contributed by atoms with Crippen LogP contribution in [-0.4, -0.2) is 33.8 Å². The molecule has 2 atom stereocenters. The first kappa shape index (κ1) is 17.2. The lowest BCUT2D eigenvalue weighted by Gasteiger charge is -2.37. The number of hydrogen-bond donors (Lipinski definition) is 1. The second kappa shape index (κ2) is 6.83. The first-order valence-corrected chi connectivity index (χ1v) is 10.0. The third kappa shape index (κ3) is 3.38. The molecule has 1 unspecified atom stereocenters. The number of carbonyl (C=O) groups is 2. The van der Waals surface area contributed by atoms with Crippen LogP contribution < -0.4 is 5.32 Å². The zero-order valence-electron chi connectivity index (χ0n) is 15.1. The quantitative estimate of drug-likeness (QED) is 0.901. The van der Waals surface area contributed by atoms with Crippen molar-refractivity contribution in [3.8, 4) is 0 Å². The minimum atomic E-state index is -0.443. The molecule has 2 aromatic rings. The van der Waals surface area contributed by atoms with Crippen molar-refractivity contribution in [2.75, 3.05) is 0 Å². The van der Waals surface area contributed by atoms with Crippen LogP contribution in [0.3, 0.4) is 0 Å². The number of nitrogens with one attached hydrogen (secondary N) is 1.